The van der Waals surface area contributed by atoms with Gasteiger partial charge in [0.15, 0.2) is 11.6 Å². The second kappa shape index (κ2) is 6.57. The Kier molecular flexibility index (Phi) is 4.13. The normalized spacial score (nSPS) is 20.5. The van der Waals surface area contributed by atoms with Crippen LogP contribution >= 0.6 is 0 Å². The van der Waals surface area contributed by atoms with Gasteiger partial charge >= 0.3 is 0 Å². The number of aryl methyl sites for hydroxylation is 1. The Hall–Kier alpha value is -2.47. The molecule has 1 aliphatic rings. The number of imidazole rings is 2. The number of aromatic nitrogens is 5. The molecule has 6 heteroatoms. The van der Waals surface area contributed by atoms with Crippen molar-refractivity contribution in [3.05, 3.63) is 54.9 Å². The van der Waals surface area contributed by atoms with E-state index in [0.29, 0.717) is 12.5 Å². The molecular formula is C18H21N5O. The summed E-state index contributed by atoms with van der Waals surface area (Å²) >= 11 is 0. The van der Waals surface area contributed by atoms with Crippen LogP contribution in [0.5, 0.6) is 0 Å². The van der Waals surface area contributed by atoms with Crippen LogP contribution in [-0.2, 0) is 17.7 Å². The highest BCUT2D eigenvalue weighted by atomic mass is 16.5. The van der Waals surface area contributed by atoms with Gasteiger partial charge in [-0.15, -0.1) is 0 Å². The van der Waals surface area contributed by atoms with E-state index in [1.807, 2.05) is 37.2 Å². The number of ether oxygens (including phenoxy) is 1. The lowest BCUT2D eigenvalue weighted by atomic mass is 9.95. The van der Waals surface area contributed by atoms with E-state index in [1.54, 1.807) is 0 Å². The maximum absolute atomic E-state index is 5.80. The largest absolute Gasteiger partial charge is 0.379 e. The summed E-state index contributed by atoms with van der Waals surface area (Å²) in [5.74, 6) is 2.25. The molecule has 0 bridgehead atoms. The van der Waals surface area contributed by atoms with Gasteiger partial charge in [-0.1, -0.05) is 0 Å². The van der Waals surface area contributed by atoms with E-state index in [9.17, 15) is 0 Å². The average Bonchev–Trinajstić information content (AvgIpc) is 3.34. The van der Waals surface area contributed by atoms with Gasteiger partial charge in [-0.2, -0.15) is 0 Å². The maximum Gasteiger partial charge on any atom is 0.176 e. The lowest BCUT2D eigenvalue weighted by Gasteiger charge is -2.21. The Balaban J connectivity index is 1.63. The molecule has 6 nitrogen and oxygen atoms in total. The van der Waals surface area contributed by atoms with Crippen molar-refractivity contribution in [2.45, 2.75) is 25.9 Å². The summed E-state index contributed by atoms with van der Waals surface area (Å²) in [4.78, 5) is 13.2. The molecule has 0 spiro atoms. The minimum absolute atomic E-state index is 0.276. The molecule has 0 aliphatic carbocycles. The van der Waals surface area contributed by atoms with Gasteiger partial charge in [-0.25, -0.2) is 9.97 Å². The minimum atomic E-state index is 0.276. The van der Waals surface area contributed by atoms with Crippen molar-refractivity contribution in [3.63, 3.8) is 0 Å². The molecule has 0 saturated carbocycles. The molecule has 4 heterocycles. The molecule has 0 aromatic carbocycles. The second-order valence-electron chi connectivity index (χ2n) is 6.12. The van der Waals surface area contributed by atoms with Crippen molar-refractivity contribution in [1.29, 1.82) is 0 Å². The second-order valence-corrected chi connectivity index (χ2v) is 6.12. The highest BCUT2D eigenvalue weighted by Gasteiger charge is 2.31. The van der Waals surface area contributed by atoms with Crippen LogP contribution in [0, 0.1) is 5.92 Å². The van der Waals surface area contributed by atoms with Crippen LogP contribution in [0.15, 0.2) is 49.3 Å². The number of pyridine rings is 1. The zero-order valence-electron chi connectivity index (χ0n) is 13.7. The summed E-state index contributed by atoms with van der Waals surface area (Å²) in [5.41, 5.74) is 1.29. The van der Waals surface area contributed by atoms with E-state index in [4.69, 9.17) is 4.74 Å². The lowest BCUT2D eigenvalue weighted by Crippen LogP contribution is -2.20. The summed E-state index contributed by atoms with van der Waals surface area (Å²) in [5, 5.41) is 0. The van der Waals surface area contributed by atoms with Crippen molar-refractivity contribution < 1.29 is 4.74 Å². The molecule has 4 rings (SSSR count). The fourth-order valence-electron chi connectivity index (χ4n) is 3.44. The summed E-state index contributed by atoms with van der Waals surface area (Å²) in [7, 11) is 0. The third kappa shape index (κ3) is 2.73. The first-order valence-electron chi connectivity index (χ1n) is 8.37. The number of hydrogen-bond acceptors (Lipinski definition) is 4. The molecule has 0 amide bonds. The Morgan fingerprint density at radius 2 is 1.83 bits per heavy atom. The van der Waals surface area contributed by atoms with Crippen LogP contribution in [-0.4, -0.2) is 37.3 Å². The van der Waals surface area contributed by atoms with Crippen LogP contribution in [0.4, 0.5) is 0 Å². The van der Waals surface area contributed by atoms with Crippen LogP contribution < -0.4 is 0 Å². The Bertz CT molecular complexity index is 795. The van der Waals surface area contributed by atoms with E-state index in [2.05, 4.69) is 43.1 Å². The van der Waals surface area contributed by atoms with Crippen molar-refractivity contribution in [3.8, 4) is 11.6 Å². The van der Waals surface area contributed by atoms with Gasteiger partial charge in [-0.3, -0.25) is 4.98 Å². The van der Waals surface area contributed by atoms with E-state index in [1.165, 1.54) is 5.56 Å². The standard InChI is InChI=1S/C18H21N5O/c1-2-22-9-7-20-17(22)18-21-8-10-23(18)16-13-24-12-15(16)11-14-3-5-19-6-4-14/h3-10,15-16H,2,11-13H2,1H3/t15-,16+/m0/s1. The molecule has 1 aliphatic heterocycles. The van der Waals surface area contributed by atoms with Crippen molar-refractivity contribution in [2.24, 2.45) is 5.92 Å². The molecule has 0 radical (unpaired) electrons. The number of rotatable bonds is 5. The van der Waals surface area contributed by atoms with E-state index in [-0.39, 0.29) is 6.04 Å². The first kappa shape index (κ1) is 15.1. The topological polar surface area (TPSA) is 57.8 Å². The summed E-state index contributed by atoms with van der Waals surface area (Å²) in [6.07, 6.45) is 12.4. The first-order valence-corrected chi connectivity index (χ1v) is 8.37. The molecule has 1 saturated heterocycles. The zero-order chi connectivity index (χ0) is 16.4. The average molecular weight is 323 g/mol. The van der Waals surface area contributed by atoms with Gasteiger partial charge in [0.25, 0.3) is 0 Å². The first-order chi connectivity index (χ1) is 11.9. The summed E-state index contributed by atoms with van der Waals surface area (Å²) in [6.45, 7) is 4.48. The molecule has 24 heavy (non-hydrogen) atoms. The van der Waals surface area contributed by atoms with E-state index < -0.39 is 0 Å². The molecule has 2 atom stereocenters. The van der Waals surface area contributed by atoms with Gasteiger partial charge < -0.3 is 13.9 Å². The van der Waals surface area contributed by atoms with Crippen LogP contribution in [0.25, 0.3) is 11.6 Å². The van der Waals surface area contributed by atoms with Gasteiger partial charge in [0.05, 0.1) is 19.3 Å². The summed E-state index contributed by atoms with van der Waals surface area (Å²) < 4.78 is 10.2. The third-order valence-corrected chi connectivity index (χ3v) is 4.69. The molecule has 124 valence electrons. The maximum atomic E-state index is 5.80. The molecular weight excluding hydrogens is 302 g/mol. The van der Waals surface area contributed by atoms with Crippen LogP contribution in [0.1, 0.15) is 18.5 Å². The predicted octanol–water partition coefficient (Wildman–Crippen LogP) is 2.59. The fraction of sp³-hybridized carbons (Fsp3) is 0.389. The van der Waals surface area contributed by atoms with Gasteiger partial charge in [0.1, 0.15) is 0 Å². The summed E-state index contributed by atoms with van der Waals surface area (Å²) in [6, 6.07) is 4.43. The quantitative estimate of drug-likeness (QED) is 0.724. The molecule has 1 fully saturated rings. The Morgan fingerprint density at radius 1 is 1.04 bits per heavy atom. The van der Waals surface area contributed by atoms with E-state index >= 15 is 0 Å². The monoisotopic (exact) mass is 323 g/mol. The molecule has 3 aromatic heterocycles. The molecule has 0 N–H and O–H groups in total. The minimum Gasteiger partial charge on any atom is -0.379 e. The lowest BCUT2D eigenvalue weighted by molar-refractivity contribution is 0.181. The predicted molar refractivity (Wildman–Crippen MR) is 90.4 cm³/mol. The van der Waals surface area contributed by atoms with Crippen LogP contribution in [0.3, 0.4) is 0 Å². The highest BCUT2D eigenvalue weighted by molar-refractivity contribution is 5.45. The molecule has 0 unspecified atom stereocenters. The number of hydrogen-bond donors (Lipinski definition) is 0. The fourth-order valence-corrected chi connectivity index (χ4v) is 3.44. The highest BCUT2D eigenvalue weighted by Crippen LogP contribution is 2.32. The Labute approximate surface area is 141 Å². The van der Waals surface area contributed by atoms with Crippen molar-refractivity contribution in [1.82, 2.24) is 24.1 Å². The zero-order valence-corrected chi connectivity index (χ0v) is 13.7. The van der Waals surface area contributed by atoms with Gasteiger partial charge in [0.2, 0.25) is 0 Å². The van der Waals surface area contributed by atoms with Gasteiger partial charge in [0, 0.05) is 49.6 Å². The van der Waals surface area contributed by atoms with Crippen molar-refractivity contribution >= 4 is 0 Å². The van der Waals surface area contributed by atoms with Gasteiger partial charge in [-0.05, 0) is 31.0 Å². The third-order valence-electron chi connectivity index (χ3n) is 4.69. The van der Waals surface area contributed by atoms with Crippen LogP contribution in [0.2, 0.25) is 0 Å². The van der Waals surface area contributed by atoms with E-state index in [0.717, 1.165) is 31.2 Å². The smallest absolute Gasteiger partial charge is 0.176 e. The Morgan fingerprint density at radius 3 is 2.67 bits per heavy atom. The molecule has 3 aromatic rings. The number of nitrogens with zero attached hydrogens (tertiary/aromatic N) is 5. The van der Waals surface area contributed by atoms with Crippen molar-refractivity contribution in [2.75, 3.05) is 13.2 Å². The SMILES string of the molecule is CCn1ccnc1-c1nccn1[C@@H]1COC[C@@H]1Cc1ccncc1.